The first-order chi connectivity index (χ1) is 11.5. The Balaban J connectivity index is 2.14. The summed E-state index contributed by atoms with van der Waals surface area (Å²) < 4.78 is 10.4. The number of carbonyl (C=O) groups is 3. The standard InChI is InChI=1S/C17H20N2O5/c1-4-19(12-10-15(20)18-17(12)22)16(21)8-6-11-5-7-13(23-2)14(9-11)24-3/h5-9,12H,4,10H2,1-3H3,(H,18,20,22)/b8-6-/t12-/m0/s1. The third-order valence-corrected chi connectivity index (χ3v) is 3.77. The lowest BCUT2D eigenvalue weighted by atomic mass is 10.1. The SMILES string of the molecule is CCN(C(=O)/C=C\c1ccc(OC)c(OC)c1)[C@H]1CC(=O)NC1=O. The van der Waals surface area contributed by atoms with Crippen molar-refractivity contribution in [1.82, 2.24) is 10.2 Å². The Hall–Kier alpha value is -2.83. The Labute approximate surface area is 140 Å². The molecule has 1 fully saturated rings. The summed E-state index contributed by atoms with van der Waals surface area (Å²) in [6, 6.07) is 4.52. The molecule has 0 aliphatic carbocycles. The number of methoxy groups -OCH3 is 2. The molecule has 1 aliphatic heterocycles. The summed E-state index contributed by atoms with van der Waals surface area (Å²) in [6.45, 7) is 2.10. The van der Waals surface area contributed by atoms with Gasteiger partial charge in [-0.2, -0.15) is 0 Å². The van der Waals surface area contributed by atoms with E-state index in [0.29, 0.717) is 18.0 Å². The number of amides is 3. The third-order valence-electron chi connectivity index (χ3n) is 3.77. The molecule has 24 heavy (non-hydrogen) atoms. The summed E-state index contributed by atoms with van der Waals surface area (Å²) in [7, 11) is 3.08. The van der Waals surface area contributed by atoms with E-state index in [-0.39, 0.29) is 18.2 Å². The minimum atomic E-state index is -0.745. The van der Waals surface area contributed by atoms with Crippen LogP contribution in [0.15, 0.2) is 24.3 Å². The van der Waals surface area contributed by atoms with Gasteiger partial charge in [0, 0.05) is 12.6 Å². The number of likely N-dealkylation sites (N-methyl/N-ethyl adjacent to an activating group) is 1. The van der Waals surface area contributed by atoms with Crippen molar-refractivity contribution in [3.63, 3.8) is 0 Å². The van der Waals surface area contributed by atoms with Crippen molar-refractivity contribution in [3.8, 4) is 11.5 Å². The van der Waals surface area contributed by atoms with Crippen molar-refractivity contribution in [1.29, 1.82) is 0 Å². The number of carbonyl (C=O) groups excluding carboxylic acids is 3. The third kappa shape index (κ3) is 3.73. The van der Waals surface area contributed by atoms with Crippen molar-refractivity contribution in [3.05, 3.63) is 29.8 Å². The first-order valence-electron chi connectivity index (χ1n) is 7.54. The van der Waals surface area contributed by atoms with Crippen LogP contribution >= 0.6 is 0 Å². The molecular weight excluding hydrogens is 312 g/mol. The van der Waals surface area contributed by atoms with Crippen molar-refractivity contribution >= 4 is 23.8 Å². The normalized spacial score (nSPS) is 17.0. The molecule has 1 aromatic carbocycles. The topological polar surface area (TPSA) is 84.9 Å². The largest absolute Gasteiger partial charge is 0.493 e. The van der Waals surface area contributed by atoms with E-state index in [0.717, 1.165) is 5.56 Å². The van der Waals surface area contributed by atoms with E-state index in [2.05, 4.69) is 5.32 Å². The zero-order chi connectivity index (χ0) is 17.7. The van der Waals surface area contributed by atoms with Crippen LogP contribution in [0.4, 0.5) is 0 Å². The van der Waals surface area contributed by atoms with Gasteiger partial charge in [0.1, 0.15) is 6.04 Å². The van der Waals surface area contributed by atoms with Crippen LogP contribution in [0.5, 0.6) is 11.5 Å². The highest BCUT2D eigenvalue weighted by Gasteiger charge is 2.36. The fourth-order valence-corrected chi connectivity index (χ4v) is 2.54. The molecule has 7 heteroatoms. The summed E-state index contributed by atoms with van der Waals surface area (Å²) in [6.07, 6.45) is 3.01. The van der Waals surface area contributed by atoms with Crippen LogP contribution in [0.25, 0.3) is 6.08 Å². The zero-order valence-electron chi connectivity index (χ0n) is 13.9. The van der Waals surface area contributed by atoms with E-state index >= 15 is 0 Å². The summed E-state index contributed by atoms with van der Waals surface area (Å²) in [5.41, 5.74) is 0.754. The van der Waals surface area contributed by atoms with Gasteiger partial charge >= 0.3 is 0 Å². The molecule has 0 spiro atoms. The molecule has 1 aromatic rings. The predicted molar refractivity (Wildman–Crippen MR) is 87.5 cm³/mol. The Morgan fingerprint density at radius 2 is 2.00 bits per heavy atom. The Bertz CT molecular complexity index is 684. The van der Waals surface area contributed by atoms with Crippen molar-refractivity contribution in [2.75, 3.05) is 20.8 Å². The zero-order valence-corrected chi connectivity index (χ0v) is 13.9. The molecule has 0 radical (unpaired) electrons. The second kappa shape index (κ2) is 7.63. The Morgan fingerprint density at radius 1 is 1.29 bits per heavy atom. The van der Waals surface area contributed by atoms with Crippen molar-refractivity contribution in [2.24, 2.45) is 0 Å². The molecular formula is C17H20N2O5. The summed E-state index contributed by atoms with van der Waals surface area (Å²) in [5.74, 6) is 0.0227. The van der Waals surface area contributed by atoms with Crippen LogP contribution in [-0.2, 0) is 14.4 Å². The van der Waals surface area contributed by atoms with Crippen molar-refractivity contribution in [2.45, 2.75) is 19.4 Å². The second-order valence-corrected chi connectivity index (χ2v) is 5.20. The van der Waals surface area contributed by atoms with Gasteiger partial charge in [-0.05, 0) is 30.7 Å². The molecule has 0 aromatic heterocycles. The molecule has 128 valence electrons. The summed E-state index contributed by atoms with van der Waals surface area (Å²) in [4.78, 5) is 36.8. The van der Waals surface area contributed by atoms with Crippen LogP contribution in [0.2, 0.25) is 0 Å². The van der Waals surface area contributed by atoms with E-state index < -0.39 is 11.9 Å². The first-order valence-corrected chi connectivity index (χ1v) is 7.54. The van der Waals surface area contributed by atoms with Crippen LogP contribution in [0.1, 0.15) is 18.9 Å². The van der Waals surface area contributed by atoms with Gasteiger partial charge in [0.2, 0.25) is 17.7 Å². The maximum atomic E-state index is 12.4. The number of benzene rings is 1. The highest BCUT2D eigenvalue weighted by Crippen LogP contribution is 2.28. The monoisotopic (exact) mass is 332 g/mol. The summed E-state index contributed by atoms with van der Waals surface area (Å²) >= 11 is 0. The maximum Gasteiger partial charge on any atom is 0.249 e. The lowest BCUT2D eigenvalue weighted by molar-refractivity contribution is -0.135. The van der Waals surface area contributed by atoms with E-state index in [1.807, 2.05) is 0 Å². The Morgan fingerprint density at radius 3 is 2.54 bits per heavy atom. The molecule has 3 amide bonds. The molecule has 0 unspecified atom stereocenters. The maximum absolute atomic E-state index is 12.4. The average molecular weight is 332 g/mol. The van der Waals surface area contributed by atoms with E-state index in [1.54, 1.807) is 38.3 Å². The molecule has 1 aliphatic rings. The molecule has 7 nitrogen and oxygen atoms in total. The fraction of sp³-hybridized carbons (Fsp3) is 0.353. The number of nitrogens with one attached hydrogen (secondary N) is 1. The molecule has 1 N–H and O–H groups in total. The quantitative estimate of drug-likeness (QED) is 0.620. The second-order valence-electron chi connectivity index (χ2n) is 5.20. The number of hydrogen-bond acceptors (Lipinski definition) is 5. The average Bonchev–Trinajstić information content (AvgIpc) is 2.91. The minimum Gasteiger partial charge on any atom is -0.493 e. The number of rotatable bonds is 6. The van der Waals surface area contributed by atoms with E-state index in [4.69, 9.17) is 9.47 Å². The highest BCUT2D eigenvalue weighted by atomic mass is 16.5. The minimum absolute atomic E-state index is 0.00259. The number of nitrogens with zero attached hydrogens (tertiary/aromatic N) is 1. The van der Waals surface area contributed by atoms with Gasteiger partial charge in [0.25, 0.3) is 0 Å². The number of ether oxygens (including phenoxy) is 2. The molecule has 0 saturated carbocycles. The smallest absolute Gasteiger partial charge is 0.249 e. The van der Waals surface area contributed by atoms with Crippen molar-refractivity contribution < 1.29 is 23.9 Å². The summed E-state index contributed by atoms with van der Waals surface area (Å²) in [5, 5.41) is 2.21. The molecule has 2 rings (SSSR count). The first kappa shape index (κ1) is 17.5. The van der Waals surface area contributed by atoms with Gasteiger partial charge in [-0.25, -0.2) is 0 Å². The van der Waals surface area contributed by atoms with Gasteiger partial charge in [0.15, 0.2) is 11.5 Å². The van der Waals surface area contributed by atoms with Gasteiger partial charge in [0.05, 0.1) is 20.6 Å². The Kier molecular flexibility index (Phi) is 5.57. The van der Waals surface area contributed by atoms with Gasteiger partial charge in [-0.1, -0.05) is 6.07 Å². The fourth-order valence-electron chi connectivity index (χ4n) is 2.54. The molecule has 1 heterocycles. The van der Waals surface area contributed by atoms with Crippen LogP contribution < -0.4 is 14.8 Å². The van der Waals surface area contributed by atoms with Crippen LogP contribution in [0.3, 0.4) is 0 Å². The lowest BCUT2D eigenvalue weighted by Crippen LogP contribution is -2.43. The van der Waals surface area contributed by atoms with Crippen LogP contribution in [-0.4, -0.2) is 49.4 Å². The van der Waals surface area contributed by atoms with Gasteiger partial charge in [-0.3, -0.25) is 19.7 Å². The molecule has 1 atom stereocenters. The lowest BCUT2D eigenvalue weighted by Gasteiger charge is -2.23. The van der Waals surface area contributed by atoms with Crippen LogP contribution in [0, 0.1) is 0 Å². The molecule has 1 saturated heterocycles. The van der Waals surface area contributed by atoms with Gasteiger partial charge in [-0.15, -0.1) is 0 Å². The van der Waals surface area contributed by atoms with E-state index in [9.17, 15) is 14.4 Å². The highest BCUT2D eigenvalue weighted by molar-refractivity contribution is 6.07. The number of imide groups is 1. The molecule has 0 bridgehead atoms. The predicted octanol–water partition coefficient (Wildman–Crippen LogP) is 0.981. The van der Waals surface area contributed by atoms with Gasteiger partial charge < -0.3 is 14.4 Å². The number of hydrogen-bond donors (Lipinski definition) is 1. The van der Waals surface area contributed by atoms with E-state index in [1.165, 1.54) is 18.1 Å².